The molecule has 1 fully saturated rings. The second-order valence-electron chi connectivity index (χ2n) is 9.84. The molecule has 1 aliphatic rings. The van der Waals surface area contributed by atoms with Crippen molar-refractivity contribution in [1.82, 2.24) is 19.4 Å². The van der Waals surface area contributed by atoms with Crippen molar-refractivity contribution < 1.29 is 45.5 Å². The summed E-state index contributed by atoms with van der Waals surface area (Å²) in [6.07, 6.45) is -7.40. The number of ether oxygens (including phenoxy) is 1. The number of imidazole rings is 1. The van der Waals surface area contributed by atoms with Crippen molar-refractivity contribution in [3.8, 4) is 0 Å². The number of carbonyl (C=O) groups is 3. The first-order valence-electron chi connectivity index (χ1n) is 13.4. The third-order valence-corrected chi connectivity index (χ3v) is 6.62. The minimum absolute atomic E-state index is 0. The number of aromatic nitrogens is 2. The summed E-state index contributed by atoms with van der Waals surface area (Å²) in [5.41, 5.74) is 1.25. The number of unbranched alkanes of at least 4 members (excludes halogenated alkanes) is 1. The zero-order valence-corrected chi connectivity index (χ0v) is 24.4. The quantitative estimate of drug-likeness (QED) is 0.105. The van der Waals surface area contributed by atoms with Gasteiger partial charge >= 0.3 is 24.4 Å². The molecule has 0 saturated carbocycles. The standard InChI is InChI=1S/C28H32F6N4O4.ClH/c1-3-4-7-23-35-17-21(38(23)18-19-8-10-20(11-9-19)25(40)42-2)16-22-24(39)37(15-6-13-28(32,33)34)26(41)36(22)14-5-12-27(29,30)31;/h8-11,16-17H,3-7,12-15,18H2,1-2H3;1H. The Morgan fingerprint density at radius 1 is 0.930 bits per heavy atom. The number of carbonyl (C=O) groups excluding carboxylic acids is 3. The molecule has 15 heteroatoms. The Balaban J connectivity index is 0.00000645. The fraction of sp³-hybridized carbons (Fsp3) is 0.500. The number of esters is 1. The number of hydrogen-bond donors (Lipinski definition) is 0. The van der Waals surface area contributed by atoms with Crippen LogP contribution in [-0.4, -0.2) is 69.8 Å². The van der Waals surface area contributed by atoms with Crippen LogP contribution in [0.15, 0.2) is 36.2 Å². The predicted molar refractivity (Wildman–Crippen MR) is 147 cm³/mol. The Labute approximate surface area is 251 Å². The maximum atomic E-state index is 13.2. The summed E-state index contributed by atoms with van der Waals surface area (Å²) in [6.45, 7) is 1.27. The average molecular weight is 639 g/mol. The van der Waals surface area contributed by atoms with E-state index in [0.29, 0.717) is 28.4 Å². The van der Waals surface area contributed by atoms with Gasteiger partial charge in [-0.25, -0.2) is 14.6 Å². The molecule has 0 radical (unpaired) electrons. The summed E-state index contributed by atoms with van der Waals surface area (Å²) in [4.78, 5) is 44.0. The van der Waals surface area contributed by atoms with Gasteiger partial charge in [0.25, 0.3) is 5.91 Å². The monoisotopic (exact) mass is 638 g/mol. The van der Waals surface area contributed by atoms with Crippen LogP contribution in [0.25, 0.3) is 6.08 Å². The largest absolute Gasteiger partial charge is 0.465 e. The number of imide groups is 1. The Morgan fingerprint density at radius 3 is 2.05 bits per heavy atom. The van der Waals surface area contributed by atoms with E-state index in [1.54, 1.807) is 28.8 Å². The predicted octanol–water partition coefficient (Wildman–Crippen LogP) is 6.77. The summed E-state index contributed by atoms with van der Waals surface area (Å²) in [7, 11) is 1.26. The van der Waals surface area contributed by atoms with Crippen LogP contribution in [0.4, 0.5) is 31.1 Å². The minimum atomic E-state index is -4.49. The van der Waals surface area contributed by atoms with E-state index in [1.807, 2.05) is 6.92 Å². The molecule has 0 unspecified atom stereocenters. The van der Waals surface area contributed by atoms with Gasteiger partial charge in [0.2, 0.25) is 0 Å². The van der Waals surface area contributed by atoms with Gasteiger partial charge in [-0.15, -0.1) is 12.4 Å². The number of methoxy groups -OCH3 is 1. The molecule has 2 aromatic rings. The molecule has 8 nitrogen and oxygen atoms in total. The summed E-state index contributed by atoms with van der Waals surface area (Å²) in [6, 6.07) is 5.63. The lowest BCUT2D eigenvalue weighted by Crippen LogP contribution is -2.34. The van der Waals surface area contributed by atoms with Crippen LogP contribution in [0.3, 0.4) is 0 Å². The highest BCUT2D eigenvalue weighted by molar-refractivity contribution is 6.13. The highest BCUT2D eigenvalue weighted by Crippen LogP contribution is 2.29. The number of nitrogens with zero attached hydrogens (tertiary/aromatic N) is 4. The zero-order valence-electron chi connectivity index (χ0n) is 23.6. The van der Waals surface area contributed by atoms with Gasteiger partial charge < -0.3 is 9.30 Å². The van der Waals surface area contributed by atoms with Crippen LogP contribution >= 0.6 is 12.4 Å². The summed E-state index contributed by atoms with van der Waals surface area (Å²) >= 11 is 0. The highest BCUT2D eigenvalue weighted by Gasteiger charge is 2.41. The van der Waals surface area contributed by atoms with Crippen molar-refractivity contribution in [1.29, 1.82) is 0 Å². The molecule has 0 aliphatic carbocycles. The molecule has 3 amide bonds. The summed E-state index contributed by atoms with van der Waals surface area (Å²) in [5.74, 6) is -0.740. The smallest absolute Gasteiger partial charge is 0.389 e. The molecule has 0 bridgehead atoms. The lowest BCUT2D eigenvalue weighted by atomic mass is 10.1. The summed E-state index contributed by atoms with van der Waals surface area (Å²) < 4.78 is 83.0. The van der Waals surface area contributed by atoms with Gasteiger partial charge in [0.15, 0.2) is 0 Å². The van der Waals surface area contributed by atoms with Gasteiger partial charge in [-0.2, -0.15) is 26.3 Å². The van der Waals surface area contributed by atoms with E-state index in [1.165, 1.54) is 19.4 Å². The number of benzene rings is 1. The van der Waals surface area contributed by atoms with Gasteiger partial charge in [0.1, 0.15) is 11.5 Å². The molecular formula is C28H33ClF6N4O4. The lowest BCUT2D eigenvalue weighted by Gasteiger charge is -2.18. The van der Waals surface area contributed by atoms with E-state index in [9.17, 15) is 40.7 Å². The van der Waals surface area contributed by atoms with Crippen LogP contribution in [-0.2, 0) is 22.5 Å². The molecule has 0 N–H and O–H groups in total. The van der Waals surface area contributed by atoms with Crippen LogP contribution in [0.5, 0.6) is 0 Å². The van der Waals surface area contributed by atoms with Gasteiger partial charge in [0.05, 0.1) is 24.6 Å². The van der Waals surface area contributed by atoms with Gasteiger partial charge in [-0.1, -0.05) is 25.5 Å². The fourth-order valence-electron chi connectivity index (χ4n) is 4.47. The van der Waals surface area contributed by atoms with E-state index in [4.69, 9.17) is 4.74 Å². The van der Waals surface area contributed by atoms with E-state index >= 15 is 0 Å². The van der Waals surface area contributed by atoms with Gasteiger partial charge in [-0.05, 0) is 43.0 Å². The Hall–Kier alpha value is -3.55. The normalized spacial score (nSPS) is 14.9. The maximum Gasteiger partial charge on any atom is 0.389 e. The Bertz CT molecular complexity index is 1290. The SMILES string of the molecule is CCCCc1ncc(C=C2C(=O)N(CCCC(F)(F)F)C(=O)N2CCCC(F)(F)F)n1Cc1ccc(C(=O)OC)cc1.Cl. The number of rotatable bonds is 13. The number of hydrogen-bond acceptors (Lipinski definition) is 5. The minimum Gasteiger partial charge on any atom is -0.465 e. The van der Waals surface area contributed by atoms with Crippen molar-refractivity contribution in [2.45, 2.75) is 70.8 Å². The van der Waals surface area contributed by atoms with Crippen molar-refractivity contribution in [2.24, 2.45) is 0 Å². The second kappa shape index (κ2) is 15.3. The van der Waals surface area contributed by atoms with Gasteiger partial charge in [0, 0.05) is 38.9 Å². The number of urea groups is 1. The first-order chi connectivity index (χ1) is 19.7. The van der Waals surface area contributed by atoms with Crippen molar-refractivity contribution in [2.75, 3.05) is 20.2 Å². The van der Waals surface area contributed by atoms with Crippen LogP contribution in [0, 0.1) is 0 Å². The molecular weight excluding hydrogens is 606 g/mol. The molecule has 0 spiro atoms. The van der Waals surface area contributed by atoms with Gasteiger partial charge in [-0.3, -0.25) is 14.6 Å². The molecule has 2 heterocycles. The molecule has 238 valence electrons. The molecule has 43 heavy (non-hydrogen) atoms. The van der Waals surface area contributed by atoms with Crippen molar-refractivity contribution in [3.63, 3.8) is 0 Å². The zero-order chi connectivity index (χ0) is 31.1. The van der Waals surface area contributed by atoms with Crippen LogP contribution in [0.2, 0.25) is 0 Å². The second-order valence-corrected chi connectivity index (χ2v) is 9.84. The maximum absolute atomic E-state index is 13.2. The third-order valence-electron chi connectivity index (χ3n) is 6.62. The Kier molecular flexibility index (Phi) is 12.6. The van der Waals surface area contributed by atoms with Crippen molar-refractivity contribution in [3.05, 3.63) is 58.8 Å². The number of halogens is 7. The first-order valence-corrected chi connectivity index (χ1v) is 13.4. The van der Waals surface area contributed by atoms with E-state index in [-0.39, 0.29) is 24.6 Å². The molecule has 1 aromatic carbocycles. The topological polar surface area (TPSA) is 84.7 Å². The molecule has 1 saturated heterocycles. The van der Waals surface area contributed by atoms with E-state index in [2.05, 4.69) is 4.98 Å². The summed E-state index contributed by atoms with van der Waals surface area (Å²) in [5, 5.41) is 0. The van der Waals surface area contributed by atoms with Crippen molar-refractivity contribution >= 4 is 36.4 Å². The van der Waals surface area contributed by atoms with Crippen LogP contribution in [0.1, 0.15) is 72.9 Å². The van der Waals surface area contributed by atoms with E-state index in [0.717, 1.165) is 23.3 Å². The lowest BCUT2D eigenvalue weighted by molar-refractivity contribution is -0.137. The Morgan fingerprint density at radius 2 is 1.51 bits per heavy atom. The highest BCUT2D eigenvalue weighted by atomic mass is 35.5. The number of aryl methyl sites for hydroxylation is 1. The first kappa shape index (κ1) is 35.6. The number of amides is 3. The molecule has 1 aromatic heterocycles. The molecule has 0 atom stereocenters. The average Bonchev–Trinajstić information content (AvgIpc) is 3.39. The third kappa shape index (κ3) is 10.0. The molecule has 1 aliphatic heterocycles. The van der Waals surface area contributed by atoms with Crippen LogP contribution < -0.4 is 0 Å². The van der Waals surface area contributed by atoms with E-state index < -0.39 is 69.0 Å². The fourth-order valence-corrected chi connectivity index (χ4v) is 4.47. The number of alkyl halides is 6. The molecule has 3 rings (SSSR count).